The fourth-order valence-corrected chi connectivity index (χ4v) is 1.23. The third-order valence-corrected chi connectivity index (χ3v) is 1.84. The summed E-state index contributed by atoms with van der Waals surface area (Å²) in [5.41, 5.74) is 8.64. The van der Waals surface area contributed by atoms with Crippen LogP contribution < -0.4 is 5.73 Å². The Morgan fingerprint density at radius 1 is 1.25 bits per heavy atom. The highest BCUT2D eigenvalue weighted by molar-refractivity contribution is 5.44. The Labute approximate surface area is 50.6 Å². The maximum Gasteiger partial charge on any atom is 0.0476 e. The Bertz CT molecular complexity index is 110. The lowest BCUT2D eigenvalue weighted by molar-refractivity contribution is 0.985. The normalized spacial score (nSPS) is 19.9. The van der Waals surface area contributed by atoms with Crippen molar-refractivity contribution in [3.8, 4) is 0 Å². The second kappa shape index (κ2) is 1.90. The first-order chi connectivity index (χ1) is 3.81. The van der Waals surface area contributed by atoms with Crippen molar-refractivity contribution in [3.63, 3.8) is 0 Å². The minimum atomic E-state index is 0.380. The maximum atomic E-state index is 5.66. The van der Waals surface area contributed by atoms with Gasteiger partial charge in [-0.2, -0.15) is 0 Å². The van der Waals surface area contributed by atoms with Gasteiger partial charge in [0.15, 0.2) is 0 Å². The zero-order valence-corrected chi connectivity index (χ0v) is 5.57. The van der Waals surface area contributed by atoms with E-state index in [1.807, 2.05) is 0 Å². The predicted octanol–water partition coefficient (Wildman–Crippen LogP) is 1.44. The molecule has 0 aromatic heterocycles. The van der Waals surface area contributed by atoms with Gasteiger partial charge in [0, 0.05) is 6.04 Å². The summed E-state index contributed by atoms with van der Waals surface area (Å²) in [5.74, 6) is 0. The Balaban J connectivity index is 2.43. The van der Waals surface area contributed by atoms with Crippen molar-refractivity contribution < 1.29 is 0 Å². The lowest BCUT2D eigenvalue weighted by Crippen LogP contribution is -2.04. The summed E-state index contributed by atoms with van der Waals surface area (Å²) in [6.07, 6.45) is 2.31. The molecule has 0 aromatic rings. The van der Waals surface area contributed by atoms with Gasteiger partial charge in [0.05, 0.1) is 0 Å². The Morgan fingerprint density at radius 2 is 1.62 bits per heavy atom. The maximum absolute atomic E-state index is 5.66. The van der Waals surface area contributed by atoms with E-state index in [-0.39, 0.29) is 0 Å². The summed E-state index contributed by atoms with van der Waals surface area (Å²) < 4.78 is 0. The molecule has 0 amide bonds. The molecular weight excluding hydrogens is 98.1 g/mol. The van der Waals surface area contributed by atoms with E-state index in [1.54, 1.807) is 0 Å². The van der Waals surface area contributed by atoms with E-state index in [2.05, 4.69) is 13.8 Å². The van der Waals surface area contributed by atoms with Crippen molar-refractivity contribution in [3.05, 3.63) is 11.1 Å². The average molecular weight is 111 g/mol. The molecule has 1 aliphatic carbocycles. The van der Waals surface area contributed by atoms with Crippen LogP contribution in [-0.4, -0.2) is 6.04 Å². The lowest BCUT2D eigenvalue weighted by atomic mass is 10.3. The summed E-state index contributed by atoms with van der Waals surface area (Å²) in [6, 6.07) is 0.380. The number of nitrogens with two attached hydrogens (primary N) is 1. The Morgan fingerprint density at radius 3 is 1.75 bits per heavy atom. The molecule has 46 valence electrons. The van der Waals surface area contributed by atoms with Crippen molar-refractivity contribution in [1.29, 1.82) is 0 Å². The van der Waals surface area contributed by atoms with E-state index in [1.165, 1.54) is 11.1 Å². The molecule has 0 saturated heterocycles. The van der Waals surface area contributed by atoms with Crippen LogP contribution in [0.3, 0.4) is 0 Å². The zero-order valence-electron chi connectivity index (χ0n) is 5.57. The molecule has 1 aliphatic rings. The van der Waals surface area contributed by atoms with E-state index < -0.39 is 0 Å². The van der Waals surface area contributed by atoms with Crippen molar-refractivity contribution in [2.75, 3.05) is 0 Å². The first-order valence-corrected chi connectivity index (χ1v) is 3.28. The third-order valence-electron chi connectivity index (χ3n) is 1.84. The molecule has 1 rings (SSSR count). The topological polar surface area (TPSA) is 26.0 Å². The molecule has 1 nitrogen and oxygen atoms in total. The van der Waals surface area contributed by atoms with Crippen LogP contribution in [0.25, 0.3) is 0 Å². The lowest BCUT2D eigenvalue weighted by Gasteiger charge is -1.82. The van der Waals surface area contributed by atoms with Crippen LogP contribution in [0.1, 0.15) is 26.7 Å². The van der Waals surface area contributed by atoms with Crippen molar-refractivity contribution >= 4 is 0 Å². The molecule has 0 atom stereocenters. The molecule has 0 aliphatic heterocycles. The van der Waals surface area contributed by atoms with Crippen LogP contribution >= 0.6 is 0 Å². The standard InChI is InChI=1S/C7H13N/c1-3-5-6(4-2)7(5)8/h7H,3-4,8H2,1-2H3. The monoisotopic (exact) mass is 111 g/mol. The molecule has 0 radical (unpaired) electrons. The van der Waals surface area contributed by atoms with Crippen LogP contribution in [0, 0.1) is 0 Å². The van der Waals surface area contributed by atoms with Gasteiger partial charge >= 0.3 is 0 Å². The van der Waals surface area contributed by atoms with Crippen LogP contribution in [0.4, 0.5) is 0 Å². The van der Waals surface area contributed by atoms with Crippen LogP contribution in [-0.2, 0) is 0 Å². The number of hydrogen-bond donors (Lipinski definition) is 1. The minimum absolute atomic E-state index is 0.380. The van der Waals surface area contributed by atoms with Gasteiger partial charge in [0.1, 0.15) is 0 Å². The fraction of sp³-hybridized carbons (Fsp3) is 0.714. The molecule has 1 heteroatoms. The van der Waals surface area contributed by atoms with Gasteiger partial charge in [-0.3, -0.25) is 0 Å². The molecule has 8 heavy (non-hydrogen) atoms. The van der Waals surface area contributed by atoms with Gasteiger partial charge in [-0.05, 0) is 24.0 Å². The van der Waals surface area contributed by atoms with Gasteiger partial charge in [0.2, 0.25) is 0 Å². The molecule has 0 bridgehead atoms. The molecule has 0 fully saturated rings. The molecular formula is C7H13N. The fourth-order valence-electron chi connectivity index (χ4n) is 1.23. The Kier molecular flexibility index (Phi) is 1.39. The molecule has 0 saturated carbocycles. The second-order valence-electron chi connectivity index (χ2n) is 2.24. The van der Waals surface area contributed by atoms with Crippen molar-refractivity contribution in [2.45, 2.75) is 32.7 Å². The predicted molar refractivity (Wildman–Crippen MR) is 35.6 cm³/mol. The van der Waals surface area contributed by atoms with Gasteiger partial charge < -0.3 is 5.73 Å². The summed E-state index contributed by atoms with van der Waals surface area (Å²) in [5, 5.41) is 0. The van der Waals surface area contributed by atoms with Gasteiger partial charge in [-0.25, -0.2) is 0 Å². The SMILES string of the molecule is CCC1=C(CC)C1N. The highest BCUT2D eigenvalue weighted by Crippen LogP contribution is 2.34. The summed E-state index contributed by atoms with van der Waals surface area (Å²) in [6.45, 7) is 4.33. The second-order valence-corrected chi connectivity index (χ2v) is 2.24. The van der Waals surface area contributed by atoms with E-state index in [9.17, 15) is 0 Å². The first-order valence-electron chi connectivity index (χ1n) is 3.28. The molecule has 2 N–H and O–H groups in total. The smallest absolute Gasteiger partial charge is 0.0476 e. The van der Waals surface area contributed by atoms with Crippen LogP contribution in [0.5, 0.6) is 0 Å². The van der Waals surface area contributed by atoms with E-state index in [0.717, 1.165) is 12.8 Å². The van der Waals surface area contributed by atoms with Crippen LogP contribution in [0.15, 0.2) is 11.1 Å². The molecule has 0 aromatic carbocycles. The molecule has 0 spiro atoms. The zero-order chi connectivity index (χ0) is 6.15. The summed E-state index contributed by atoms with van der Waals surface area (Å²) in [7, 11) is 0. The van der Waals surface area contributed by atoms with Crippen LogP contribution in [0.2, 0.25) is 0 Å². The third kappa shape index (κ3) is 0.671. The first kappa shape index (κ1) is 5.83. The van der Waals surface area contributed by atoms with Gasteiger partial charge in [0.25, 0.3) is 0 Å². The van der Waals surface area contributed by atoms with Crippen molar-refractivity contribution in [2.24, 2.45) is 5.73 Å². The highest BCUT2D eigenvalue weighted by atomic mass is 14.7. The van der Waals surface area contributed by atoms with Gasteiger partial charge in [-0.1, -0.05) is 13.8 Å². The minimum Gasteiger partial charge on any atom is -0.321 e. The number of rotatable bonds is 2. The van der Waals surface area contributed by atoms with Crippen molar-refractivity contribution in [1.82, 2.24) is 0 Å². The molecule has 0 unspecified atom stereocenters. The average Bonchev–Trinajstić information content (AvgIpc) is 2.40. The highest BCUT2D eigenvalue weighted by Gasteiger charge is 2.28. The quantitative estimate of drug-likeness (QED) is 0.536. The largest absolute Gasteiger partial charge is 0.321 e. The Hall–Kier alpha value is -0.300. The number of hydrogen-bond acceptors (Lipinski definition) is 1. The summed E-state index contributed by atoms with van der Waals surface area (Å²) >= 11 is 0. The van der Waals surface area contributed by atoms with E-state index in [4.69, 9.17) is 5.73 Å². The molecule has 0 heterocycles. The van der Waals surface area contributed by atoms with E-state index >= 15 is 0 Å². The van der Waals surface area contributed by atoms with Gasteiger partial charge in [-0.15, -0.1) is 0 Å². The summed E-state index contributed by atoms with van der Waals surface area (Å²) in [4.78, 5) is 0. The van der Waals surface area contributed by atoms with E-state index in [0.29, 0.717) is 6.04 Å².